The van der Waals surface area contributed by atoms with Crippen molar-refractivity contribution in [2.75, 3.05) is 19.6 Å². The lowest BCUT2D eigenvalue weighted by molar-refractivity contribution is -0.123. The third-order valence-corrected chi connectivity index (χ3v) is 5.09. The second-order valence-electron chi connectivity index (χ2n) is 7.21. The van der Waals surface area contributed by atoms with Crippen molar-refractivity contribution >= 4 is 11.8 Å². The standard InChI is InChI=1S/C18H27N3O3/c1-12-10-15(12)16-4-2-14(24-16)3-5-18(23)20-13-6-8-21(9-7-13)11-17(19)22/h2,4,12-13,15H,3,5-11H2,1H3,(H2,19,22)(H,20,23)/t12-,15+/m1/s1. The van der Waals surface area contributed by atoms with E-state index in [1.807, 2.05) is 11.0 Å². The highest BCUT2D eigenvalue weighted by Crippen LogP contribution is 2.47. The molecule has 3 N–H and O–H groups in total. The molecule has 0 radical (unpaired) electrons. The van der Waals surface area contributed by atoms with Gasteiger partial charge in [0.25, 0.3) is 0 Å². The first-order chi connectivity index (χ1) is 11.5. The summed E-state index contributed by atoms with van der Waals surface area (Å²) in [5.41, 5.74) is 5.21. The van der Waals surface area contributed by atoms with Gasteiger partial charge >= 0.3 is 0 Å². The van der Waals surface area contributed by atoms with Crippen molar-refractivity contribution < 1.29 is 14.0 Å². The van der Waals surface area contributed by atoms with Crippen LogP contribution in [0.25, 0.3) is 0 Å². The summed E-state index contributed by atoms with van der Waals surface area (Å²) in [5, 5.41) is 3.09. The normalized spacial score (nSPS) is 24.7. The fourth-order valence-electron chi connectivity index (χ4n) is 3.44. The molecule has 1 saturated carbocycles. The van der Waals surface area contributed by atoms with Gasteiger partial charge in [-0.05, 0) is 37.3 Å². The minimum Gasteiger partial charge on any atom is -0.466 e. The Kier molecular flexibility index (Phi) is 5.23. The van der Waals surface area contributed by atoms with Crippen molar-refractivity contribution in [3.63, 3.8) is 0 Å². The molecular weight excluding hydrogens is 306 g/mol. The summed E-state index contributed by atoms with van der Waals surface area (Å²) in [6.07, 6.45) is 4.04. The van der Waals surface area contributed by atoms with Crippen molar-refractivity contribution in [3.8, 4) is 0 Å². The first kappa shape index (κ1) is 17.0. The minimum atomic E-state index is -0.295. The summed E-state index contributed by atoms with van der Waals surface area (Å²) < 4.78 is 5.84. The number of amides is 2. The monoisotopic (exact) mass is 333 g/mol. The summed E-state index contributed by atoms with van der Waals surface area (Å²) >= 11 is 0. The average Bonchev–Trinajstić information content (AvgIpc) is 3.08. The SMILES string of the molecule is C[C@@H]1C[C@@H]1c1ccc(CCC(=O)NC2CCN(CC(N)=O)CC2)o1. The molecule has 1 saturated heterocycles. The highest BCUT2D eigenvalue weighted by atomic mass is 16.3. The van der Waals surface area contributed by atoms with Crippen LogP contribution in [-0.2, 0) is 16.0 Å². The van der Waals surface area contributed by atoms with Crippen LogP contribution < -0.4 is 11.1 Å². The van der Waals surface area contributed by atoms with E-state index in [9.17, 15) is 9.59 Å². The molecule has 2 amide bonds. The largest absolute Gasteiger partial charge is 0.466 e. The predicted molar refractivity (Wildman–Crippen MR) is 90.4 cm³/mol. The summed E-state index contributed by atoms with van der Waals surface area (Å²) in [4.78, 5) is 25.1. The Hall–Kier alpha value is -1.82. The third-order valence-electron chi connectivity index (χ3n) is 5.09. The van der Waals surface area contributed by atoms with E-state index in [0.717, 1.165) is 43.4 Å². The number of carbonyl (C=O) groups is 2. The molecule has 2 heterocycles. The number of aryl methyl sites for hydroxylation is 1. The number of furan rings is 1. The van der Waals surface area contributed by atoms with Gasteiger partial charge < -0.3 is 15.5 Å². The molecule has 2 fully saturated rings. The summed E-state index contributed by atoms with van der Waals surface area (Å²) in [7, 11) is 0. The molecule has 0 aromatic carbocycles. The Morgan fingerprint density at radius 3 is 2.67 bits per heavy atom. The highest BCUT2D eigenvalue weighted by molar-refractivity contribution is 5.76. The second kappa shape index (κ2) is 7.38. The lowest BCUT2D eigenvalue weighted by Crippen LogP contribution is -2.46. The smallest absolute Gasteiger partial charge is 0.231 e. The molecular formula is C18H27N3O3. The van der Waals surface area contributed by atoms with Gasteiger partial charge in [0, 0.05) is 37.9 Å². The van der Waals surface area contributed by atoms with Crippen molar-refractivity contribution in [1.29, 1.82) is 0 Å². The Morgan fingerprint density at radius 1 is 1.33 bits per heavy atom. The molecule has 1 aliphatic heterocycles. The van der Waals surface area contributed by atoms with E-state index in [-0.39, 0.29) is 17.9 Å². The zero-order valence-electron chi connectivity index (χ0n) is 14.3. The molecule has 132 valence electrons. The second-order valence-corrected chi connectivity index (χ2v) is 7.21. The maximum atomic E-state index is 12.1. The molecule has 6 heteroatoms. The lowest BCUT2D eigenvalue weighted by Gasteiger charge is -2.31. The minimum absolute atomic E-state index is 0.0705. The zero-order chi connectivity index (χ0) is 17.1. The van der Waals surface area contributed by atoms with E-state index >= 15 is 0 Å². The Balaban J connectivity index is 1.36. The van der Waals surface area contributed by atoms with Crippen molar-refractivity contribution in [3.05, 3.63) is 23.7 Å². The number of likely N-dealkylation sites (tertiary alicyclic amines) is 1. The molecule has 6 nitrogen and oxygen atoms in total. The van der Waals surface area contributed by atoms with Gasteiger partial charge in [-0.2, -0.15) is 0 Å². The maximum absolute atomic E-state index is 12.1. The molecule has 2 atom stereocenters. The molecule has 1 aromatic heterocycles. The van der Waals surface area contributed by atoms with E-state index in [1.165, 1.54) is 6.42 Å². The quantitative estimate of drug-likeness (QED) is 0.789. The Bertz CT molecular complexity index is 590. The molecule has 0 spiro atoms. The summed E-state index contributed by atoms with van der Waals surface area (Å²) in [6.45, 7) is 4.14. The molecule has 1 aliphatic carbocycles. The summed E-state index contributed by atoms with van der Waals surface area (Å²) in [6, 6.07) is 4.24. The third kappa shape index (κ3) is 4.60. The van der Waals surface area contributed by atoms with Crippen LogP contribution in [0.3, 0.4) is 0 Å². The lowest BCUT2D eigenvalue weighted by atomic mass is 10.0. The first-order valence-electron chi connectivity index (χ1n) is 8.90. The fourth-order valence-corrected chi connectivity index (χ4v) is 3.44. The van der Waals surface area contributed by atoms with Gasteiger partial charge in [-0.3, -0.25) is 14.5 Å². The number of hydrogen-bond donors (Lipinski definition) is 2. The molecule has 0 bridgehead atoms. The number of hydrogen-bond acceptors (Lipinski definition) is 4. The van der Waals surface area contributed by atoms with Crippen LogP contribution in [0.5, 0.6) is 0 Å². The van der Waals surface area contributed by atoms with E-state index in [1.54, 1.807) is 0 Å². The number of rotatable bonds is 7. The van der Waals surface area contributed by atoms with E-state index in [0.29, 0.717) is 25.3 Å². The summed E-state index contributed by atoms with van der Waals surface area (Å²) in [5.74, 6) is 3.05. The molecule has 0 unspecified atom stereocenters. The number of nitrogens with zero attached hydrogens (tertiary/aromatic N) is 1. The van der Waals surface area contributed by atoms with E-state index < -0.39 is 0 Å². The van der Waals surface area contributed by atoms with Gasteiger partial charge in [0.05, 0.1) is 6.54 Å². The van der Waals surface area contributed by atoms with Crippen LogP contribution in [0.2, 0.25) is 0 Å². The van der Waals surface area contributed by atoms with Crippen LogP contribution in [0.15, 0.2) is 16.5 Å². The van der Waals surface area contributed by atoms with Crippen LogP contribution in [-0.4, -0.2) is 42.4 Å². The van der Waals surface area contributed by atoms with Crippen LogP contribution in [0, 0.1) is 5.92 Å². The van der Waals surface area contributed by atoms with Crippen LogP contribution in [0.1, 0.15) is 50.0 Å². The van der Waals surface area contributed by atoms with Gasteiger partial charge in [-0.25, -0.2) is 0 Å². The first-order valence-corrected chi connectivity index (χ1v) is 8.90. The van der Waals surface area contributed by atoms with Gasteiger partial charge in [-0.15, -0.1) is 0 Å². The molecule has 2 aliphatic rings. The Labute approximate surface area is 142 Å². The maximum Gasteiger partial charge on any atom is 0.231 e. The van der Waals surface area contributed by atoms with Crippen molar-refractivity contribution in [1.82, 2.24) is 10.2 Å². The molecule has 3 rings (SSSR count). The van der Waals surface area contributed by atoms with Crippen LogP contribution in [0.4, 0.5) is 0 Å². The zero-order valence-corrected chi connectivity index (χ0v) is 14.3. The van der Waals surface area contributed by atoms with Gasteiger partial charge in [-0.1, -0.05) is 6.92 Å². The average molecular weight is 333 g/mol. The number of nitrogens with two attached hydrogens (primary N) is 1. The predicted octanol–water partition coefficient (Wildman–Crippen LogP) is 1.40. The Morgan fingerprint density at radius 2 is 2.04 bits per heavy atom. The van der Waals surface area contributed by atoms with Gasteiger partial charge in [0.1, 0.15) is 11.5 Å². The van der Waals surface area contributed by atoms with E-state index in [2.05, 4.69) is 18.3 Å². The van der Waals surface area contributed by atoms with Crippen LogP contribution >= 0.6 is 0 Å². The van der Waals surface area contributed by atoms with Crippen molar-refractivity contribution in [2.45, 2.75) is 51.0 Å². The highest BCUT2D eigenvalue weighted by Gasteiger charge is 2.36. The number of primary amides is 1. The number of piperidine rings is 1. The van der Waals surface area contributed by atoms with E-state index in [4.69, 9.17) is 10.2 Å². The topological polar surface area (TPSA) is 88.6 Å². The number of carbonyl (C=O) groups excluding carboxylic acids is 2. The molecule has 24 heavy (non-hydrogen) atoms. The van der Waals surface area contributed by atoms with Gasteiger partial charge in [0.2, 0.25) is 11.8 Å². The molecule has 1 aromatic rings. The number of nitrogens with one attached hydrogen (secondary N) is 1. The van der Waals surface area contributed by atoms with Gasteiger partial charge in [0.15, 0.2) is 0 Å². The fraction of sp³-hybridized carbons (Fsp3) is 0.667. The van der Waals surface area contributed by atoms with Crippen molar-refractivity contribution in [2.24, 2.45) is 11.7 Å².